The molecule has 0 radical (unpaired) electrons. The van der Waals surface area contributed by atoms with Crippen molar-refractivity contribution in [2.45, 2.75) is 83.1 Å². The molecule has 7 nitrogen and oxygen atoms in total. The van der Waals surface area contributed by atoms with Gasteiger partial charge in [-0.25, -0.2) is 0 Å². The fourth-order valence-corrected chi connectivity index (χ4v) is 4.02. The highest BCUT2D eigenvalue weighted by Crippen LogP contribution is 2.04. The third-order valence-electron chi connectivity index (χ3n) is 8.05. The van der Waals surface area contributed by atoms with Crippen LogP contribution in [0, 0.1) is 0 Å². The Hall–Kier alpha value is -0.250. The third kappa shape index (κ3) is 19.2. The second kappa shape index (κ2) is 21.3. The van der Waals surface area contributed by atoms with Crippen molar-refractivity contribution in [3.8, 4) is 0 Å². The minimum Gasteiger partial charge on any atom is -1.00 e. The largest absolute Gasteiger partial charge is 1.00 e. The Labute approximate surface area is 204 Å². The van der Waals surface area contributed by atoms with Crippen molar-refractivity contribution < 1.29 is 32.4 Å². The Balaban J connectivity index is -0.000000107. The first-order valence-electron chi connectivity index (χ1n) is 12.9. The maximum atomic E-state index is 8.52. The molecule has 202 valence electrons. The molecule has 0 atom stereocenters. The average Bonchev–Trinajstić information content (AvgIpc) is 2.80. The lowest BCUT2D eigenvalue weighted by Crippen LogP contribution is -2.47. The SMILES string of the molecule is CC[N+](CC)(CC)CC.CC[N+](CC)(CC)CC.CC[N+](CC)(CC)CC.O=S(=O)([O-])[O-].[H-]. The van der Waals surface area contributed by atoms with Crippen molar-refractivity contribution >= 4 is 10.4 Å². The van der Waals surface area contributed by atoms with Gasteiger partial charge in [-0.05, 0) is 83.1 Å². The standard InChI is InChI=1S/3C8H20N.H2O4S.H/c3*1-5-9(6-2,7-3)8-4;1-5(2,3)4;/h3*5-8H2,1-4H3;(H2,1,2,3,4);/q3*+1;;-1/p-2. The molecule has 0 fully saturated rings. The lowest BCUT2D eigenvalue weighted by Gasteiger charge is -2.34. The summed E-state index contributed by atoms with van der Waals surface area (Å²) in [5, 5.41) is 0. The number of hydrogen-bond donors (Lipinski definition) is 0. The lowest BCUT2D eigenvalue weighted by molar-refractivity contribution is -0.921. The molecular weight excluding hydrogens is 426 g/mol. The van der Waals surface area contributed by atoms with E-state index in [4.69, 9.17) is 17.5 Å². The van der Waals surface area contributed by atoms with Crippen molar-refractivity contribution in [1.82, 2.24) is 0 Å². The Morgan fingerprint density at radius 3 is 0.469 bits per heavy atom. The first-order chi connectivity index (χ1) is 14.7. The van der Waals surface area contributed by atoms with Gasteiger partial charge in [0.1, 0.15) is 0 Å². The maximum Gasteiger partial charge on any atom is 0.0757 e. The summed E-state index contributed by atoms with van der Waals surface area (Å²) < 4.78 is 37.9. The Morgan fingerprint density at radius 1 is 0.406 bits per heavy atom. The van der Waals surface area contributed by atoms with Crippen LogP contribution in [0.15, 0.2) is 0 Å². The molecule has 0 aromatic carbocycles. The maximum absolute atomic E-state index is 8.52. The van der Waals surface area contributed by atoms with Gasteiger partial charge in [0.25, 0.3) is 0 Å². The number of rotatable bonds is 12. The smallest absolute Gasteiger partial charge is 0.0757 e. The van der Waals surface area contributed by atoms with Crippen LogP contribution in [0.1, 0.15) is 84.5 Å². The van der Waals surface area contributed by atoms with E-state index in [1.54, 1.807) is 0 Å². The fraction of sp³-hybridized carbons (Fsp3) is 1.00. The van der Waals surface area contributed by atoms with E-state index in [1.807, 2.05) is 0 Å². The fourth-order valence-electron chi connectivity index (χ4n) is 4.02. The molecule has 32 heavy (non-hydrogen) atoms. The zero-order valence-electron chi connectivity index (χ0n) is 24.9. The van der Waals surface area contributed by atoms with Crippen LogP contribution in [-0.4, -0.2) is 110 Å². The molecular formula is C24H61N3O4S. The topological polar surface area (TPSA) is 80.3 Å². The van der Waals surface area contributed by atoms with Crippen LogP contribution in [-0.2, 0) is 10.4 Å². The lowest BCUT2D eigenvalue weighted by atomic mass is 10.3. The monoisotopic (exact) mass is 487 g/mol. The zero-order chi connectivity index (χ0) is 26.5. The van der Waals surface area contributed by atoms with E-state index in [-0.39, 0.29) is 1.43 Å². The van der Waals surface area contributed by atoms with Crippen LogP contribution in [0.25, 0.3) is 0 Å². The average molecular weight is 488 g/mol. The Kier molecular flexibility index (Phi) is 25.9. The molecule has 0 aromatic heterocycles. The van der Waals surface area contributed by atoms with Gasteiger partial charge in [0.2, 0.25) is 0 Å². The second-order valence-electron chi connectivity index (χ2n) is 8.23. The number of nitrogens with zero attached hydrogens (tertiary/aromatic N) is 3. The van der Waals surface area contributed by atoms with Gasteiger partial charge < -0.3 is 24.0 Å². The van der Waals surface area contributed by atoms with E-state index in [9.17, 15) is 0 Å². The highest BCUT2D eigenvalue weighted by molar-refractivity contribution is 7.79. The first-order valence-corrected chi connectivity index (χ1v) is 14.3. The highest BCUT2D eigenvalue weighted by Gasteiger charge is 2.17. The number of quaternary nitrogens is 3. The summed E-state index contributed by atoms with van der Waals surface area (Å²) in [6, 6.07) is 0. The number of hydrogen-bond acceptors (Lipinski definition) is 4. The molecule has 0 amide bonds. The van der Waals surface area contributed by atoms with Crippen LogP contribution in [0.5, 0.6) is 0 Å². The molecule has 0 saturated heterocycles. The van der Waals surface area contributed by atoms with E-state index < -0.39 is 10.4 Å². The van der Waals surface area contributed by atoms with Crippen LogP contribution in [0.4, 0.5) is 0 Å². The molecule has 0 saturated carbocycles. The van der Waals surface area contributed by atoms with Gasteiger partial charge in [0.05, 0.1) is 78.5 Å². The summed E-state index contributed by atoms with van der Waals surface area (Å²) >= 11 is 0. The van der Waals surface area contributed by atoms with Crippen LogP contribution in [0.3, 0.4) is 0 Å². The molecule has 0 rings (SSSR count). The van der Waals surface area contributed by atoms with Crippen molar-refractivity contribution in [3.63, 3.8) is 0 Å². The minimum absolute atomic E-state index is 0. The Bertz CT molecular complexity index is 386. The van der Waals surface area contributed by atoms with E-state index in [2.05, 4.69) is 83.1 Å². The molecule has 0 N–H and O–H groups in total. The molecule has 0 aliphatic carbocycles. The van der Waals surface area contributed by atoms with Crippen LogP contribution < -0.4 is 0 Å². The third-order valence-corrected chi connectivity index (χ3v) is 8.05. The molecule has 0 aliphatic heterocycles. The van der Waals surface area contributed by atoms with Gasteiger partial charge >= 0.3 is 0 Å². The molecule has 0 bridgehead atoms. The minimum atomic E-state index is -5.17. The first kappa shape index (κ1) is 39.0. The van der Waals surface area contributed by atoms with Gasteiger partial charge in [-0.1, -0.05) is 0 Å². The predicted molar refractivity (Wildman–Crippen MR) is 139 cm³/mol. The second-order valence-corrected chi connectivity index (χ2v) is 9.04. The van der Waals surface area contributed by atoms with Gasteiger partial charge in [-0.3, -0.25) is 8.42 Å². The van der Waals surface area contributed by atoms with Gasteiger partial charge in [-0.2, -0.15) is 0 Å². The summed E-state index contributed by atoms with van der Waals surface area (Å²) in [6.07, 6.45) is 0. The van der Waals surface area contributed by atoms with Gasteiger partial charge in [0.15, 0.2) is 0 Å². The van der Waals surface area contributed by atoms with Crippen LogP contribution >= 0.6 is 0 Å². The van der Waals surface area contributed by atoms with Gasteiger partial charge in [-0.15, -0.1) is 0 Å². The normalized spacial score (nSPS) is 11.9. The van der Waals surface area contributed by atoms with Crippen LogP contribution in [0.2, 0.25) is 0 Å². The molecule has 0 heterocycles. The Morgan fingerprint density at radius 2 is 0.469 bits per heavy atom. The predicted octanol–water partition coefficient (Wildman–Crippen LogP) is 4.42. The molecule has 0 unspecified atom stereocenters. The molecule has 0 aliphatic rings. The summed E-state index contributed by atoms with van der Waals surface area (Å²) in [6.45, 7) is 42.7. The van der Waals surface area contributed by atoms with E-state index in [0.29, 0.717) is 0 Å². The zero-order valence-corrected chi connectivity index (χ0v) is 24.7. The molecule has 0 spiro atoms. The summed E-state index contributed by atoms with van der Waals surface area (Å²) in [5.74, 6) is 0. The van der Waals surface area contributed by atoms with E-state index in [0.717, 1.165) is 0 Å². The van der Waals surface area contributed by atoms with Gasteiger partial charge in [0, 0.05) is 10.4 Å². The summed E-state index contributed by atoms with van der Waals surface area (Å²) in [4.78, 5) is 0. The van der Waals surface area contributed by atoms with Crippen molar-refractivity contribution in [1.29, 1.82) is 0 Å². The van der Waals surface area contributed by atoms with E-state index >= 15 is 0 Å². The quantitative estimate of drug-likeness (QED) is 0.232. The highest BCUT2D eigenvalue weighted by atomic mass is 32.3. The van der Waals surface area contributed by atoms with E-state index in [1.165, 1.54) is 92.0 Å². The van der Waals surface area contributed by atoms with Crippen molar-refractivity contribution in [2.24, 2.45) is 0 Å². The van der Waals surface area contributed by atoms with Crippen molar-refractivity contribution in [3.05, 3.63) is 0 Å². The molecule has 8 heteroatoms. The summed E-state index contributed by atoms with van der Waals surface area (Å²) in [5.41, 5.74) is 0. The molecule has 0 aromatic rings. The van der Waals surface area contributed by atoms with Crippen molar-refractivity contribution in [2.75, 3.05) is 78.5 Å². The summed E-state index contributed by atoms with van der Waals surface area (Å²) in [7, 11) is -5.17.